The average molecular weight is 671 g/mol. The van der Waals surface area contributed by atoms with Gasteiger partial charge in [0.05, 0.1) is 19.6 Å². The Morgan fingerprint density at radius 1 is 0.500 bits per heavy atom. The van der Waals surface area contributed by atoms with Gasteiger partial charge in [-0.3, -0.25) is 24.0 Å². The largest absolute Gasteiger partial charge is 0.481 e. The van der Waals surface area contributed by atoms with E-state index in [4.69, 9.17) is 28.8 Å². The zero-order valence-electron chi connectivity index (χ0n) is 27.3. The highest BCUT2D eigenvalue weighted by molar-refractivity contribution is 5.84. The van der Waals surface area contributed by atoms with E-state index >= 15 is 0 Å². The van der Waals surface area contributed by atoms with Crippen LogP contribution >= 0.6 is 0 Å². The molecule has 1 unspecified atom stereocenters. The molecule has 2 aromatic carbocycles. The number of aliphatic carboxylic acids is 1. The van der Waals surface area contributed by atoms with E-state index in [0.717, 1.165) is 11.1 Å². The maximum atomic E-state index is 12.7. The minimum absolute atomic E-state index is 0.00656. The smallest absolute Gasteiger partial charge is 0.348 e. The highest BCUT2D eigenvalue weighted by Gasteiger charge is 2.28. The quantitative estimate of drug-likeness (QED) is 0.0787. The van der Waals surface area contributed by atoms with E-state index in [1.54, 1.807) is 0 Å². The average Bonchev–Trinajstić information content (AvgIpc) is 3.08. The molecule has 0 saturated carbocycles. The third-order valence-corrected chi connectivity index (χ3v) is 6.95. The number of carboxylic acids is 1. The molecule has 0 aliphatic heterocycles. The number of unbranched alkanes of at least 4 members (excludes halogenated alkanes) is 5. The fourth-order valence-electron chi connectivity index (χ4n) is 4.32. The number of rotatable bonds is 25. The van der Waals surface area contributed by atoms with Gasteiger partial charge in [0.1, 0.15) is 13.2 Å². The van der Waals surface area contributed by atoms with E-state index in [1.807, 2.05) is 60.7 Å². The van der Waals surface area contributed by atoms with Gasteiger partial charge in [0.15, 0.2) is 0 Å². The third kappa shape index (κ3) is 19.7. The van der Waals surface area contributed by atoms with Gasteiger partial charge in [0.25, 0.3) is 0 Å². The molecule has 2 rings (SSSR count). The van der Waals surface area contributed by atoms with Crippen LogP contribution in [-0.4, -0.2) is 60.2 Å². The van der Waals surface area contributed by atoms with Gasteiger partial charge in [-0.1, -0.05) is 60.7 Å². The first-order valence-corrected chi connectivity index (χ1v) is 16.4. The first-order chi connectivity index (χ1) is 23.2. The van der Waals surface area contributed by atoms with Crippen molar-refractivity contribution in [1.29, 1.82) is 0 Å². The molecule has 0 saturated heterocycles. The van der Waals surface area contributed by atoms with Crippen LogP contribution in [0.1, 0.15) is 94.6 Å². The van der Waals surface area contributed by atoms with Crippen LogP contribution in [0.5, 0.6) is 0 Å². The molecular formula is C36H46O12. The number of hydrogen-bond donors (Lipinski definition) is 1. The first-order valence-electron chi connectivity index (χ1n) is 16.4. The number of esters is 5. The summed E-state index contributed by atoms with van der Waals surface area (Å²) in [5.74, 6) is -4.05. The standard InChI is InChI=1S/C36H46O12/c37-31(38)19-11-12-22-34(41)48-30(36(43)45-24-14-4-10-21-33(40)47-27-29-17-7-2-8-18-29)25-35(42)44-23-13-3-9-20-32(39)46-26-28-15-5-1-6-16-28/h1-2,5-8,15-18,30H,3-4,9-14,19-27H2,(H,37,38). The van der Waals surface area contributed by atoms with Crippen molar-refractivity contribution < 1.29 is 57.6 Å². The Balaban J connectivity index is 1.67. The molecule has 262 valence electrons. The van der Waals surface area contributed by atoms with Gasteiger partial charge in [-0.25, -0.2) is 4.79 Å². The van der Waals surface area contributed by atoms with E-state index in [-0.39, 0.29) is 76.9 Å². The highest BCUT2D eigenvalue weighted by atomic mass is 16.6. The summed E-state index contributed by atoms with van der Waals surface area (Å²) in [4.78, 5) is 72.1. The first kappa shape index (κ1) is 39.4. The number of carboxylic acid groups (broad SMARTS) is 1. The molecule has 0 bridgehead atoms. The monoisotopic (exact) mass is 670 g/mol. The summed E-state index contributed by atoms with van der Waals surface area (Å²) < 4.78 is 26.1. The second-order valence-electron chi connectivity index (χ2n) is 11.1. The second kappa shape index (κ2) is 24.4. The molecule has 0 aromatic heterocycles. The number of hydrogen-bond acceptors (Lipinski definition) is 11. The summed E-state index contributed by atoms with van der Waals surface area (Å²) in [6.45, 7) is 0.454. The predicted octanol–water partition coefficient (Wildman–Crippen LogP) is 5.63. The summed E-state index contributed by atoms with van der Waals surface area (Å²) in [6, 6.07) is 18.7. The summed E-state index contributed by atoms with van der Waals surface area (Å²) in [7, 11) is 0. The minimum atomic E-state index is -1.52. The Hall–Kier alpha value is -4.74. The molecule has 0 heterocycles. The maximum Gasteiger partial charge on any atom is 0.348 e. The molecule has 2 aromatic rings. The van der Waals surface area contributed by atoms with Crippen molar-refractivity contribution in [3.63, 3.8) is 0 Å². The molecular weight excluding hydrogens is 624 g/mol. The van der Waals surface area contributed by atoms with Crippen molar-refractivity contribution in [2.24, 2.45) is 0 Å². The summed E-state index contributed by atoms with van der Waals surface area (Å²) >= 11 is 0. The van der Waals surface area contributed by atoms with E-state index in [0.29, 0.717) is 38.5 Å². The molecule has 12 nitrogen and oxygen atoms in total. The zero-order valence-corrected chi connectivity index (χ0v) is 27.3. The van der Waals surface area contributed by atoms with E-state index in [9.17, 15) is 28.8 Å². The third-order valence-electron chi connectivity index (χ3n) is 6.95. The lowest BCUT2D eigenvalue weighted by atomic mass is 10.2. The summed E-state index contributed by atoms with van der Waals surface area (Å²) in [5.41, 5.74) is 1.80. The van der Waals surface area contributed by atoms with Gasteiger partial charge in [-0.15, -0.1) is 0 Å². The van der Waals surface area contributed by atoms with Crippen LogP contribution in [0.15, 0.2) is 60.7 Å². The van der Waals surface area contributed by atoms with E-state index < -0.39 is 36.4 Å². The summed E-state index contributed by atoms with van der Waals surface area (Å²) in [6.07, 6.45) is 1.84. The normalized spacial score (nSPS) is 11.2. The SMILES string of the molecule is O=C(O)CCCCC(=O)OC(CC(=O)OCCCCCC(=O)OCc1ccccc1)C(=O)OCCCCCC(=O)OCc1ccccc1. The molecule has 0 aliphatic rings. The second-order valence-corrected chi connectivity index (χ2v) is 11.1. The van der Waals surface area contributed by atoms with Crippen LogP contribution in [0.2, 0.25) is 0 Å². The molecule has 48 heavy (non-hydrogen) atoms. The van der Waals surface area contributed by atoms with Crippen molar-refractivity contribution in [3.8, 4) is 0 Å². The van der Waals surface area contributed by atoms with Crippen LogP contribution in [-0.2, 0) is 65.7 Å². The molecule has 12 heteroatoms. The van der Waals surface area contributed by atoms with Crippen LogP contribution < -0.4 is 0 Å². The Bertz CT molecular complexity index is 1260. The van der Waals surface area contributed by atoms with Crippen molar-refractivity contribution in [2.75, 3.05) is 13.2 Å². The van der Waals surface area contributed by atoms with Gasteiger partial charge < -0.3 is 28.8 Å². The van der Waals surface area contributed by atoms with E-state index in [2.05, 4.69) is 0 Å². The lowest BCUT2D eigenvalue weighted by molar-refractivity contribution is -0.172. The Labute approximate surface area is 281 Å². The number of carbonyl (C=O) groups excluding carboxylic acids is 5. The number of benzene rings is 2. The fraction of sp³-hybridized carbons (Fsp3) is 0.500. The Kier molecular flexibility index (Phi) is 20.1. The van der Waals surface area contributed by atoms with Crippen LogP contribution in [0, 0.1) is 0 Å². The minimum Gasteiger partial charge on any atom is -0.481 e. The predicted molar refractivity (Wildman–Crippen MR) is 172 cm³/mol. The van der Waals surface area contributed by atoms with Crippen LogP contribution in [0.25, 0.3) is 0 Å². The van der Waals surface area contributed by atoms with Gasteiger partial charge >= 0.3 is 35.8 Å². The lowest BCUT2D eigenvalue weighted by Crippen LogP contribution is -2.32. The molecule has 0 fully saturated rings. The van der Waals surface area contributed by atoms with Crippen molar-refractivity contribution in [1.82, 2.24) is 0 Å². The van der Waals surface area contributed by atoms with Gasteiger partial charge in [-0.2, -0.15) is 0 Å². The molecule has 1 N–H and O–H groups in total. The van der Waals surface area contributed by atoms with Gasteiger partial charge in [0, 0.05) is 25.7 Å². The van der Waals surface area contributed by atoms with Crippen LogP contribution in [0.3, 0.4) is 0 Å². The fourth-order valence-corrected chi connectivity index (χ4v) is 4.32. The molecule has 0 amide bonds. The van der Waals surface area contributed by atoms with E-state index in [1.165, 1.54) is 0 Å². The number of ether oxygens (including phenoxy) is 5. The van der Waals surface area contributed by atoms with Crippen LogP contribution in [0.4, 0.5) is 0 Å². The van der Waals surface area contributed by atoms with Gasteiger partial charge in [0.2, 0.25) is 6.10 Å². The van der Waals surface area contributed by atoms with Crippen molar-refractivity contribution >= 4 is 35.8 Å². The zero-order chi connectivity index (χ0) is 34.8. The molecule has 0 radical (unpaired) electrons. The van der Waals surface area contributed by atoms with Gasteiger partial charge in [-0.05, 0) is 62.5 Å². The van der Waals surface area contributed by atoms with Crippen molar-refractivity contribution in [2.45, 2.75) is 103 Å². The summed E-state index contributed by atoms with van der Waals surface area (Å²) in [5, 5.41) is 8.76. The Morgan fingerprint density at radius 3 is 1.48 bits per heavy atom. The van der Waals surface area contributed by atoms with Crippen molar-refractivity contribution in [3.05, 3.63) is 71.8 Å². The molecule has 0 aliphatic carbocycles. The molecule has 0 spiro atoms. The number of carbonyl (C=O) groups is 6. The topological polar surface area (TPSA) is 169 Å². The maximum absolute atomic E-state index is 12.7. The lowest BCUT2D eigenvalue weighted by Gasteiger charge is -2.16. The Morgan fingerprint density at radius 2 is 0.958 bits per heavy atom. The molecule has 1 atom stereocenters. The highest BCUT2D eigenvalue weighted by Crippen LogP contribution is 2.12.